The third-order valence-corrected chi connectivity index (χ3v) is 3.90. The van der Waals surface area contributed by atoms with Crippen molar-refractivity contribution in [1.29, 1.82) is 0 Å². The fraction of sp³-hybridized carbons (Fsp3) is 0.400. The molecule has 3 rings (SSSR count). The maximum atomic E-state index is 12.5. The predicted molar refractivity (Wildman–Crippen MR) is 75.5 cm³/mol. The number of carbonyl (C=O) groups is 1. The van der Waals surface area contributed by atoms with Crippen LogP contribution >= 0.6 is 0 Å². The number of fused-ring (bicyclic) bond motifs is 1. The number of aliphatic hydroxyl groups is 2. The summed E-state index contributed by atoms with van der Waals surface area (Å²) in [6, 6.07) is 9.54. The molecule has 20 heavy (non-hydrogen) atoms. The molecule has 1 aromatic heterocycles. The van der Waals surface area contributed by atoms with Crippen molar-refractivity contribution in [3.05, 3.63) is 36.0 Å². The second kappa shape index (κ2) is 4.92. The molecule has 5 nitrogen and oxygen atoms in total. The van der Waals surface area contributed by atoms with Crippen molar-refractivity contribution >= 4 is 16.8 Å². The minimum Gasteiger partial charge on any atom is -0.393 e. The molecule has 0 bridgehead atoms. The van der Waals surface area contributed by atoms with Crippen LogP contribution in [0.2, 0.25) is 0 Å². The lowest BCUT2D eigenvalue weighted by molar-refractivity contribution is -0.0599. The van der Waals surface area contributed by atoms with E-state index in [4.69, 9.17) is 0 Å². The second-order valence-corrected chi connectivity index (χ2v) is 5.48. The maximum absolute atomic E-state index is 12.5. The van der Waals surface area contributed by atoms with Gasteiger partial charge in [0.25, 0.3) is 5.91 Å². The van der Waals surface area contributed by atoms with Crippen LogP contribution in [0.3, 0.4) is 0 Å². The molecule has 2 heterocycles. The van der Waals surface area contributed by atoms with E-state index >= 15 is 0 Å². The van der Waals surface area contributed by atoms with Crippen LogP contribution < -0.4 is 0 Å². The number of H-pyrrole nitrogens is 1. The standard InChI is InChI=1S/C15H18N2O3/c18-10-15(20)6-3-7-17(9-15)14(19)13-8-11-4-1-2-5-12(11)16-13/h1-2,4-5,8,16,18,20H,3,6-7,9-10H2/t15-/m0/s1. The molecule has 0 saturated carbocycles. The van der Waals surface area contributed by atoms with Crippen LogP contribution in [0.4, 0.5) is 0 Å². The van der Waals surface area contributed by atoms with Crippen molar-refractivity contribution in [2.24, 2.45) is 0 Å². The Morgan fingerprint density at radius 2 is 2.20 bits per heavy atom. The molecule has 2 aromatic rings. The molecule has 0 aliphatic carbocycles. The van der Waals surface area contributed by atoms with E-state index in [-0.39, 0.29) is 19.1 Å². The molecule has 1 aliphatic rings. The minimum atomic E-state index is -1.17. The quantitative estimate of drug-likeness (QED) is 0.768. The van der Waals surface area contributed by atoms with Gasteiger partial charge in [-0.1, -0.05) is 18.2 Å². The number of carbonyl (C=O) groups excluding carboxylic acids is 1. The Morgan fingerprint density at radius 1 is 1.40 bits per heavy atom. The van der Waals surface area contributed by atoms with Crippen molar-refractivity contribution in [3.63, 3.8) is 0 Å². The Bertz CT molecular complexity index is 604. The van der Waals surface area contributed by atoms with Gasteiger partial charge in [0.15, 0.2) is 0 Å². The Hall–Kier alpha value is -1.85. The third kappa shape index (κ3) is 2.30. The number of aromatic amines is 1. The summed E-state index contributed by atoms with van der Waals surface area (Å²) >= 11 is 0. The number of aliphatic hydroxyl groups excluding tert-OH is 1. The van der Waals surface area contributed by atoms with E-state index in [0.717, 1.165) is 10.9 Å². The largest absolute Gasteiger partial charge is 0.393 e. The molecule has 0 spiro atoms. The number of rotatable bonds is 2. The molecular weight excluding hydrogens is 256 g/mol. The summed E-state index contributed by atoms with van der Waals surface area (Å²) in [6.07, 6.45) is 1.23. The Labute approximate surface area is 116 Å². The average molecular weight is 274 g/mol. The van der Waals surface area contributed by atoms with Gasteiger partial charge >= 0.3 is 0 Å². The summed E-state index contributed by atoms with van der Waals surface area (Å²) in [5.74, 6) is -0.132. The topological polar surface area (TPSA) is 76.6 Å². The Balaban J connectivity index is 1.84. The lowest BCUT2D eigenvalue weighted by atomic mass is 9.93. The molecule has 1 aromatic carbocycles. The van der Waals surface area contributed by atoms with Crippen molar-refractivity contribution in [2.75, 3.05) is 19.7 Å². The number of para-hydroxylation sites is 1. The summed E-state index contributed by atoms with van der Waals surface area (Å²) in [7, 11) is 0. The molecule has 0 unspecified atom stereocenters. The van der Waals surface area contributed by atoms with Crippen LogP contribution in [0.1, 0.15) is 23.3 Å². The van der Waals surface area contributed by atoms with Gasteiger partial charge in [0.1, 0.15) is 11.3 Å². The number of benzene rings is 1. The molecule has 1 atom stereocenters. The number of hydrogen-bond donors (Lipinski definition) is 3. The molecule has 1 saturated heterocycles. The molecule has 1 amide bonds. The molecule has 1 fully saturated rings. The molecular formula is C15H18N2O3. The zero-order chi connectivity index (χ0) is 14.2. The van der Waals surface area contributed by atoms with Gasteiger partial charge in [0, 0.05) is 17.4 Å². The maximum Gasteiger partial charge on any atom is 0.270 e. The zero-order valence-electron chi connectivity index (χ0n) is 11.2. The van der Waals surface area contributed by atoms with Gasteiger partial charge < -0.3 is 20.1 Å². The monoisotopic (exact) mass is 274 g/mol. The van der Waals surface area contributed by atoms with E-state index in [1.807, 2.05) is 30.3 Å². The summed E-state index contributed by atoms with van der Waals surface area (Å²) in [4.78, 5) is 17.2. The van der Waals surface area contributed by atoms with Crippen molar-refractivity contribution in [3.8, 4) is 0 Å². The molecule has 0 radical (unpaired) electrons. The highest BCUT2D eigenvalue weighted by atomic mass is 16.3. The first-order valence-electron chi connectivity index (χ1n) is 6.82. The predicted octanol–water partition coefficient (Wildman–Crippen LogP) is 1.13. The van der Waals surface area contributed by atoms with Gasteiger partial charge in [0.05, 0.1) is 13.2 Å². The summed E-state index contributed by atoms with van der Waals surface area (Å²) in [5, 5.41) is 20.4. The van der Waals surface area contributed by atoms with Gasteiger partial charge in [-0.05, 0) is 25.0 Å². The van der Waals surface area contributed by atoms with Gasteiger partial charge in [-0.2, -0.15) is 0 Å². The van der Waals surface area contributed by atoms with E-state index in [0.29, 0.717) is 25.1 Å². The van der Waals surface area contributed by atoms with Crippen molar-refractivity contribution < 1.29 is 15.0 Å². The third-order valence-electron chi connectivity index (χ3n) is 3.90. The van der Waals surface area contributed by atoms with Crippen LogP contribution in [0, 0.1) is 0 Å². The van der Waals surface area contributed by atoms with E-state index in [1.54, 1.807) is 4.90 Å². The smallest absolute Gasteiger partial charge is 0.270 e. The van der Waals surface area contributed by atoms with Crippen molar-refractivity contribution in [2.45, 2.75) is 18.4 Å². The highest BCUT2D eigenvalue weighted by molar-refractivity contribution is 5.98. The number of hydrogen-bond acceptors (Lipinski definition) is 3. The van der Waals surface area contributed by atoms with Crippen LogP contribution in [0.25, 0.3) is 10.9 Å². The van der Waals surface area contributed by atoms with Gasteiger partial charge in [0.2, 0.25) is 0 Å². The fourth-order valence-electron chi connectivity index (χ4n) is 2.77. The number of nitrogens with zero attached hydrogens (tertiary/aromatic N) is 1. The Morgan fingerprint density at radius 3 is 2.95 bits per heavy atom. The van der Waals surface area contributed by atoms with E-state index < -0.39 is 5.60 Å². The number of nitrogens with one attached hydrogen (secondary N) is 1. The van der Waals surface area contributed by atoms with Crippen LogP contribution in [-0.4, -0.2) is 51.3 Å². The number of aromatic nitrogens is 1. The first kappa shape index (κ1) is 13.1. The van der Waals surface area contributed by atoms with Crippen LogP contribution in [0.15, 0.2) is 30.3 Å². The molecule has 3 N–H and O–H groups in total. The zero-order valence-corrected chi connectivity index (χ0v) is 11.2. The number of β-amino-alcohol motifs (C(OH)–C–C–N with tert-alkyl or cyclic N) is 1. The van der Waals surface area contributed by atoms with E-state index in [9.17, 15) is 15.0 Å². The van der Waals surface area contributed by atoms with Gasteiger partial charge in [-0.15, -0.1) is 0 Å². The second-order valence-electron chi connectivity index (χ2n) is 5.48. The Kier molecular flexibility index (Phi) is 3.23. The number of piperidine rings is 1. The lowest BCUT2D eigenvalue weighted by Crippen LogP contribution is -2.52. The first-order valence-corrected chi connectivity index (χ1v) is 6.82. The van der Waals surface area contributed by atoms with E-state index in [1.165, 1.54) is 0 Å². The summed E-state index contributed by atoms with van der Waals surface area (Å²) in [5.41, 5.74) is 0.276. The minimum absolute atomic E-state index is 0.132. The molecule has 5 heteroatoms. The fourth-order valence-corrected chi connectivity index (χ4v) is 2.77. The first-order chi connectivity index (χ1) is 9.61. The summed E-state index contributed by atoms with van der Waals surface area (Å²) in [6.45, 7) is 0.470. The normalized spacial score (nSPS) is 23.2. The number of likely N-dealkylation sites (tertiary alicyclic amines) is 1. The van der Waals surface area contributed by atoms with E-state index in [2.05, 4.69) is 4.98 Å². The van der Waals surface area contributed by atoms with Gasteiger partial charge in [-0.25, -0.2) is 0 Å². The van der Waals surface area contributed by atoms with Crippen LogP contribution in [0.5, 0.6) is 0 Å². The van der Waals surface area contributed by atoms with Crippen molar-refractivity contribution in [1.82, 2.24) is 9.88 Å². The average Bonchev–Trinajstić information content (AvgIpc) is 2.90. The summed E-state index contributed by atoms with van der Waals surface area (Å²) < 4.78 is 0. The highest BCUT2D eigenvalue weighted by Gasteiger charge is 2.35. The molecule has 1 aliphatic heterocycles. The SMILES string of the molecule is O=C(c1cc2ccccc2[nH]1)N1CCC[C@@](O)(CO)C1. The molecule has 106 valence electrons. The number of amides is 1. The van der Waals surface area contributed by atoms with Crippen LogP contribution in [-0.2, 0) is 0 Å². The van der Waals surface area contributed by atoms with Gasteiger partial charge in [-0.3, -0.25) is 4.79 Å². The lowest BCUT2D eigenvalue weighted by Gasteiger charge is -2.37. The highest BCUT2D eigenvalue weighted by Crippen LogP contribution is 2.23.